The molecule has 1 heterocycles. The second-order valence-corrected chi connectivity index (χ2v) is 5.53. The Balaban J connectivity index is 1.91. The largest absolute Gasteiger partial charge is 0.361 e. The lowest BCUT2D eigenvalue weighted by Gasteiger charge is -2.14. The number of aliphatic imine (C=N–C) groups is 1. The molecule has 0 radical (unpaired) electrons. The maximum atomic E-state index is 5.17. The van der Waals surface area contributed by atoms with Crippen LogP contribution in [-0.4, -0.2) is 24.2 Å². The summed E-state index contributed by atoms with van der Waals surface area (Å²) in [6.45, 7) is 8.49. The average molecular weight is 278 g/mol. The van der Waals surface area contributed by atoms with Gasteiger partial charge in [-0.1, -0.05) is 18.0 Å². The molecule has 1 fully saturated rings. The maximum absolute atomic E-state index is 5.17. The molecule has 5 heteroatoms. The number of nitrogens with zero attached hydrogens (tertiary/aromatic N) is 2. The molecule has 0 spiro atoms. The van der Waals surface area contributed by atoms with Gasteiger partial charge in [0.1, 0.15) is 5.76 Å². The molecule has 1 aliphatic carbocycles. The van der Waals surface area contributed by atoms with Gasteiger partial charge < -0.3 is 15.2 Å². The highest BCUT2D eigenvalue weighted by Gasteiger charge is 2.15. The minimum atomic E-state index is 0.612. The summed E-state index contributed by atoms with van der Waals surface area (Å²) in [5, 5.41) is 10.7. The van der Waals surface area contributed by atoms with Crippen molar-refractivity contribution in [3.05, 3.63) is 17.0 Å². The van der Waals surface area contributed by atoms with Gasteiger partial charge in [-0.3, -0.25) is 0 Å². The third-order valence-electron chi connectivity index (χ3n) is 3.95. The third kappa shape index (κ3) is 3.99. The molecule has 1 saturated carbocycles. The molecule has 0 amide bonds. The van der Waals surface area contributed by atoms with Crippen LogP contribution in [0.3, 0.4) is 0 Å². The van der Waals surface area contributed by atoms with Crippen molar-refractivity contribution in [1.82, 2.24) is 15.8 Å². The van der Waals surface area contributed by atoms with Crippen molar-refractivity contribution in [2.75, 3.05) is 13.1 Å². The van der Waals surface area contributed by atoms with Crippen LogP contribution in [0.2, 0.25) is 0 Å². The van der Waals surface area contributed by atoms with E-state index in [1.165, 1.54) is 25.7 Å². The molecule has 112 valence electrons. The van der Waals surface area contributed by atoms with Crippen LogP contribution in [0.5, 0.6) is 0 Å². The van der Waals surface area contributed by atoms with Crippen LogP contribution in [0.25, 0.3) is 0 Å². The molecule has 2 N–H and O–H groups in total. The first-order valence-electron chi connectivity index (χ1n) is 7.64. The zero-order valence-corrected chi connectivity index (χ0v) is 12.8. The predicted octanol–water partition coefficient (Wildman–Crippen LogP) is 2.54. The van der Waals surface area contributed by atoms with Gasteiger partial charge in [0.25, 0.3) is 0 Å². The standard InChI is InChI=1S/C15H26N4O/c1-4-16-15(17-9-13-7-5-6-8-13)18-10-14-11(2)19-20-12(14)3/h13H,4-10H2,1-3H3,(H2,16,17,18). The summed E-state index contributed by atoms with van der Waals surface area (Å²) in [7, 11) is 0. The van der Waals surface area contributed by atoms with Gasteiger partial charge in [0.15, 0.2) is 5.96 Å². The fourth-order valence-electron chi connectivity index (χ4n) is 2.68. The molecule has 2 rings (SSSR count). The smallest absolute Gasteiger partial charge is 0.191 e. The second-order valence-electron chi connectivity index (χ2n) is 5.53. The first kappa shape index (κ1) is 14.9. The number of hydrogen-bond acceptors (Lipinski definition) is 3. The molecular weight excluding hydrogens is 252 g/mol. The minimum Gasteiger partial charge on any atom is -0.361 e. The van der Waals surface area contributed by atoms with Crippen LogP contribution in [0.15, 0.2) is 9.52 Å². The van der Waals surface area contributed by atoms with Gasteiger partial charge in [-0.15, -0.1) is 0 Å². The molecule has 0 atom stereocenters. The van der Waals surface area contributed by atoms with E-state index in [9.17, 15) is 0 Å². The molecule has 1 aliphatic rings. The van der Waals surface area contributed by atoms with Crippen molar-refractivity contribution in [2.24, 2.45) is 10.9 Å². The van der Waals surface area contributed by atoms with Gasteiger partial charge >= 0.3 is 0 Å². The normalized spacial score (nSPS) is 16.6. The Hall–Kier alpha value is -1.52. The molecule has 1 aromatic rings. The van der Waals surface area contributed by atoms with Crippen molar-refractivity contribution in [2.45, 2.75) is 53.0 Å². The Labute approximate surface area is 121 Å². The SMILES string of the molecule is CCNC(=NCc1c(C)noc1C)NCC1CCCC1. The van der Waals surface area contributed by atoms with Gasteiger partial charge in [-0.2, -0.15) is 0 Å². The highest BCUT2D eigenvalue weighted by Crippen LogP contribution is 2.23. The molecule has 0 unspecified atom stereocenters. The van der Waals surface area contributed by atoms with Crippen molar-refractivity contribution in [1.29, 1.82) is 0 Å². The third-order valence-corrected chi connectivity index (χ3v) is 3.95. The van der Waals surface area contributed by atoms with Crippen LogP contribution in [0.4, 0.5) is 0 Å². The topological polar surface area (TPSA) is 62.5 Å². The van der Waals surface area contributed by atoms with Crippen molar-refractivity contribution in [3.63, 3.8) is 0 Å². The lowest BCUT2D eigenvalue weighted by molar-refractivity contribution is 0.392. The summed E-state index contributed by atoms with van der Waals surface area (Å²) < 4.78 is 5.17. The van der Waals surface area contributed by atoms with Crippen molar-refractivity contribution < 1.29 is 4.52 Å². The van der Waals surface area contributed by atoms with Crippen molar-refractivity contribution >= 4 is 5.96 Å². The zero-order valence-electron chi connectivity index (χ0n) is 12.8. The van der Waals surface area contributed by atoms with Gasteiger partial charge in [0.2, 0.25) is 0 Å². The monoisotopic (exact) mass is 278 g/mol. The number of rotatable bonds is 5. The Bertz CT molecular complexity index is 427. The quantitative estimate of drug-likeness (QED) is 0.642. The summed E-state index contributed by atoms with van der Waals surface area (Å²) in [5.41, 5.74) is 2.01. The van der Waals surface area contributed by atoms with Gasteiger partial charge in [0.05, 0.1) is 12.2 Å². The van der Waals surface area contributed by atoms with E-state index in [2.05, 4.69) is 27.7 Å². The number of hydrogen-bond donors (Lipinski definition) is 2. The minimum absolute atomic E-state index is 0.612. The van der Waals surface area contributed by atoms with E-state index in [-0.39, 0.29) is 0 Å². The van der Waals surface area contributed by atoms with Crippen LogP contribution >= 0.6 is 0 Å². The fourth-order valence-corrected chi connectivity index (χ4v) is 2.68. The number of guanidine groups is 1. The first-order valence-corrected chi connectivity index (χ1v) is 7.64. The fraction of sp³-hybridized carbons (Fsp3) is 0.733. The Morgan fingerprint density at radius 3 is 2.65 bits per heavy atom. The zero-order chi connectivity index (χ0) is 14.4. The number of nitrogens with one attached hydrogen (secondary N) is 2. The highest BCUT2D eigenvalue weighted by molar-refractivity contribution is 5.79. The Morgan fingerprint density at radius 1 is 1.30 bits per heavy atom. The van der Waals surface area contributed by atoms with E-state index in [1.54, 1.807) is 0 Å². The van der Waals surface area contributed by atoms with E-state index in [0.29, 0.717) is 6.54 Å². The molecule has 20 heavy (non-hydrogen) atoms. The van der Waals surface area contributed by atoms with Crippen molar-refractivity contribution in [3.8, 4) is 0 Å². The predicted molar refractivity (Wildman–Crippen MR) is 80.8 cm³/mol. The molecule has 5 nitrogen and oxygen atoms in total. The van der Waals surface area contributed by atoms with E-state index < -0.39 is 0 Å². The summed E-state index contributed by atoms with van der Waals surface area (Å²) in [6.07, 6.45) is 5.44. The molecule has 0 aliphatic heterocycles. The van der Waals surface area contributed by atoms with Crippen LogP contribution in [0.1, 0.15) is 49.6 Å². The molecule has 0 bridgehead atoms. The van der Waals surface area contributed by atoms with E-state index in [0.717, 1.165) is 42.0 Å². The second kappa shape index (κ2) is 7.31. The summed E-state index contributed by atoms with van der Waals surface area (Å²) >= 11 is 0. The maximum Gasteiger partial charge on any atom is 0.191 e. The molecule has 0 saturated heterocycles. The lowest BCUT2D eigenvalue weighted by Crippen LogP contribution is -2.39. The first-order chi connectivity index (χ1) is 9.70. The van der Waals surface area contributed by atoms with E-state index in [1.807, 2.05) is 13.8 Å². The van der Waals surface area contributed by atoms with Gasteiger partial charge in [-0.05, 0) is 39.5 Å². The summed E-state index contributed by atoms with van der Waals surface area (Å²) in [6, 6.07) is 0. The van der Waals surface area contributed by atoms with Crippen LogP contribution < -0.4 is 10.6 Å². The van der Waals surface area contributed by atoms with E-state index in [4.69, 9.17) is 4.52 Å². The lowest BCUT2D eigenvalue weighted by atomic mass is 10.1. The number of aromatic nitrogens is 1. The van der Waals surface area contributed by atoms with Crippen LogP contribution in [-0.2, 0) is 6.54 Å². The average Bonchev–Trinajstić information content (AvgIpc) is 3.05. The Kier molecular flexibility index (Phi) is 5.44. The van der Waals surface area contributed by atoms with E-state index >= 15 is 0 Å². The summed E-state index contributed by atoms with van der Waals surface area (Å²) in [4.78, 5) is 4.63. The van der Waals surface area contributed by atoms with Crippen LogP contribution in [0, 0.1) is 19.8 Å². The van der Waals surface area contributed by atoms with Gasteiger partial charge in [-0.25, -0.2) is 4.99 Å². The molecule has 1 aromatic heterocycles. The Morgan fingerprint density at radius 2 is 2.05 bits per heavy atom. The highest BCUT2D eigenvalue weighted by atomic mass is 16.5. The molecule has 0 aromatic carbocycles. The van der Waals surface area contributed by atoms with Gasteiger partial charge in [0, 0.05) is 18.7 Å². The molecular formula is C15H26N4O. The number of aryl methyl sites for hydroxylation is 2. The summed E-state index contributed by atoms with van der Waals surface area (Å²) in [5.74, 6) is 2.55.